The number of H-pyrrole nitrogens is 1. The number of para-hydroxylation sites is 1. The number of nitrogens with one attached hydrogen (secondary N) is 1. The first-order valence-corrected chi connectivity index (χ1v) is 9.71. The Morgan fingerprint density at radius 3 is 2.93 bits per heavy atom. The number of hydrogen-bond donors (Lipinski definition) is 2. The van der Waals surface area contributed by atoms with Crippen molar-refractivity contribution in [3.63, 3.8) is 0 Å². The second kappa shape index (κ2) is 9.44. The van der Waals surface area contributed by atoms with Gasteiger partial charge in [-0.25, -0.2) is 0 Å². The number of aromatic nitrogens is 3. The highest BCUT2D eigenvalue weighted by Gasteiger charge is 2.15. The third-order valence-electron chi connectivity index (χ3n) is 4.64. The van der Waals surface area contributed by atoms with Crippen molar-refractivity contribution in [2.45, 2.75) is 13.0 Å². The quantitative estimate of drug-likeness (QED) is 0.448. The first-order valence-electron chi connectivity index (χ1n) is 9.71. The van der Waals surface area contributed by atoms with Crippen LogP contribution in [0.25, 0.3) is 10.9 Å². The normalized spacial score (nSPS) is 14.7. The summed E-state index contributed by atoms with van der Waals surface area (Å²) in [6, 6.07) is 10.1. The lowest BCUT2D eigenvalue weighted by Crippen LogP contribution is -2.36. The fourth-order valence-corrected chi connectivity index (χ4v) is 3.15. The molecule has 0 spiro atoms. The predicted octanol–water partition coefficient (Wildman–Crippen LogP) is 2.84. The molecule has 0 unspecified atom stereocenters. The second-order valence-electron chi connectivity index (χ2n) is 6.65. The molecule has 0 radical (unpaired) electrons. The maximum atomic E-state index is 8.96. The Morgan fingerprint density at radius 2 is 2.07 bits per heavy atom. The van der Waals surface area contributed by atoms with E-state index in [9.17, 15) is 0 Å². The number of anilines is 1. The molecule has 1 fully saturated rings. The maximum absolute atomic E-state index is 8.96. The molecule has 2 N–H and O–H groups in total. The first kappa shape index (κ1) is 19.3. The minimum absolute atomic E-state index is 0.0559. The third-order valence-corrected chi connectivity index (χ3v) is 4.64. The molecule has 4 rings (SSSR count). The van der Waals surface area contributed by atoms with Crippen molar-refractivity contribution in [2.75, 3.05) is 44.4 Å². The van der Waals surface area contributed by atoms with Crippen LogP contribution in [0.2, 0.25) is 0 Å². The molecule has 29 heavy (non-hydrogen) atoms. The van der Waals surface area contributed by atoms with Crippen LogP contribution in [-0.2, 0) is 11.3 Å². The number of aromatic amines is 1. The van der Waals surface area contributed by atoms with Gasteiger partial charge in [-0.1, -0.05) is 18.2 Å². The van der Waals surface area contributed by atoms with E-state index in [1.165, 1.54) is 0 Å². The number of hydrogen-bond acceptors (Lipinski definition) is 8. The molecule has 1 saturated heterocycles. The van der Waals surface area contributed by atoms with E-state index >= 15 is 0 Å². The molecule has 3 aromatic rings. The van der Waals surface area contributed by atoms with E-state index in [-0.39, 0.29) is 12.6 Å². The van der Waals surface area contributed by atoms with Crippen molar-refractivity contribution >= 4 is 22.5 Å². The number of benzene rings is 1. The van der Waals surface area contributed by atoms with E-state index in [4.69, 9.17) is 14.6 Å². The molecule has 0 atom stereocenters. The summed E-state index contributed by atoms with van der Waals surface area (Å²) in [7, 11) is 0. The molecule has 2 aromatic heterocycles. The second-order valence-corrected chi connectivity index (χ2v) is 6.65. The Hall–Kier alpha value is -3.04. The Kier molecular flexibility index (Phi) is 6.28. The van der Waals surface area contributed by atoms with Gasteiger partial charge in [0.25, 0.3) is 0 Å². The zero-order valence-electron chi connectivity index (χ0n) is 16.1. The fourth-order valence-electron chi connectivity index (χ4n) is 3.15. The fraction of sp³-hybridized carbons (Fsp3) is 0.400. The number of aliphatic hydroxyl groups excluding tert-OH is 1. The van der Waals surface area contributed by atoms with Crippen molar-refractivity contribution in [2.24, 2.45) is 10.2 Å². The molecule has 0 saturated carbocycles. The van der Waals surface area contributed by atoms with Gasteiger partial charge >= 0.3 is 6.01 Å². The van der Waals surface area contributed by atoms with Crippen LogP contribution in [-0.4, -0.2) is 59.6 Å². The highest BCUT2D eigenvalue weighted by molar-refractivity contribution is 5.82. The van der Waals surface area contributed by atoms with Gasteiger partial charge < -0.3 is 24.5 Å². The molecule has 0 aliphatic carbocycles. The van der Waals surface area contributed by atoms with Crippen LogP contribution in [0.5, 0.6) is 6.01 Å². The number of nitrogens with zero attached hydrogens (tertiary/aromatic N) is 5. The standard InChI is InChI=1S/C20H24N6O3/c27-8-3-9-29-20-23-18(12-19(24-20)26-6-10-28-11-7-26)25-22-14-15-13-21-17-5-2-1-4-16(15)17/h1-2,4-5,12-13,21,27H,3,6-11,14H2. The average molecular weight is 396 g/mol. The molecule has 1 aliphatic heterocycles. The molecule has 1 aromatic carbocycles. The van der Waals surface area contributed by atoms with Gasteiger partial charge in [-0.05, 0) is 6.07 Å². The summed E-state index contributed by atoms with van der Waals surface area (Å²) in [5.41, 5.74) is 2.15. The Balaban J connectivity index is 1.52. The van der Waals surface area contributed by atoms with Crippen molar-refractivity contribution in [1.29, 1.82) is 0 Å². The number of azo groups is 1. The van der Waals surface area contributed by atoms with E-state index in [1.54, 1.807) is 0 Å². The van der Waals surface area contributed by atoms with E-state index in [0.29, 0.717) is 38.6 Å². The summed E-state index contributed by atoms with van der Waals surface area (Å²) in [6.45, 7) is 3.65. The van der Waals surface area contributed by atoms with Gasteiger partial charge in [0.2, 0.25) is 0 Å². The third kappa shape index (κ3) is 4.87. The van der Waals surface area contributed by atoms with Gasteiger partial charge in [0.1, 0.15) is 5.82 Å². The lowest BCUT2D eigenvalue weighted by Gasteiger charge is -2.27. The number of aliphatic hydroxyl groups is 1. The summed E-state index contributed by atoms with van der Waals surface area (Å²) < 4.78 is 11.0. The number of rotatable bonds is 8. The lowest BCUT2D eigenvalue weighted by molar-refractivity contribution is 0.122. The SMILES string of the molecule is OCCCOc1nc(N=NCc2c[nH]c3ccccc23)cc(N2CCOCC2)n1. The zero-order chi connectivity index (χ0) is 19.9. The smallest absolute Gasteiger partial charge is 0.320 e. The average Bonchev–Trinajstić information content (AvgIpc) is 3.18. The van der Waals surface area contributed by atoms with E-state index < -0.39 is 0 Å². The van der Waals surface area contributed by atoms with Gasteiger partial charge in [-0.3, -0.25) is 0 Å². The van der Waals surface area contributed by atoms with Gasteiger partial charge in [0.05, 0.1) is 26.4 Å². The van der Waals surface area contributed by atoms with Crippen LogP contribution in [0.4, 0.5) is 11.6 Å². The highest BCUT2D eigenvalue weighted by Crippen LogP contribution is 2.24. The van der Waals surface area contributed by atoms with Crippen molar-refractivity contribution in [3.8, 4) is 6.01 Å². The minimum Gasteiger partial charge on any atom is -0.463 e. The molecular formula is C20H24N6O3. The van der Waals surface area contributed by atoms with E-state index in [1.807, 2.05) is 30.5 Å². The number of morpholine rings is 1. The van der Waals surface area contributed by atoms with Crippen LogP contribution in [0.1, 0.15) is 12.0 Å². The number of fused-ring (bicyclic) bond motifs is 1. The van der Waals surface area contributed by atoms with Gasteiger partial charge in [0.15, 0.2) is 5.82 Å². The lowest BCUT2D eigenvalue weighted by atomic mass is 10.2. The summed E-state index contributed by atoms with van der Waals surface area (Å²) in [4.78, 5) is 14.2. The van der Waals surface area contributed by atoms with Gasteiger partial charge in [-0.15, -0.1) is 5.11 Å². The van der Waals surface area contributed by atoms with Crippen LogP contribution in [0, 0.1) is 0 Å². The molecule has 0 bridgehead atoms. The molecular weight excluding hydrogens is 372 g/mol. The summed E-state index contributed by atoms with van der Waals surface area (Å²) in [6.07, 6.45) is 2.47. The Labute approximate surface area is 168 Å². The first-order chi connectivity index (χ1) is 14.3. The van der Waals surface area contributed by atoms with Crippen molar-refractivity contribution in [3.05, 3.63) is 42.1 Å². The molecule has 9 heteroatoms. The van der Waals surface area contributed by atoms with Crippen molar-refractivity contribution in [1.82, 2.24) is 15.0 Å². The summed E-state index contributed by atoms with van der Waals surface area (Å²) >= 11 is 0. The largest absolute Gasteiger partial charge is 0.463 e. The van der Waals surface area contributed by atoms with E-state index in [2.05, 4.69) is 36.1 Å². The molecule has 152 valence electrons. The summed E-state index contributed by atoms with van der Waals surface area (Å²) in [5, 5.41) is 18.7. The molecule has 3 heterocycles. The van der Waals surface area contributed by atoms with Gasteiger partial charge in [0, 0.05) is 54.8 Å². The van der Waals surface area contributed by atoms with Gasteiger partial charge in [-0.2, -0.15) is 15.1 Å². The van der Waals surface area contributed by atoms with Crippen LogP contribution < -0.4 is 9.64 Å². The zero-order valence-corrected chi connectivity index (χ0v) is 16.1. The maximum Gasteiger partial charge on any atom is 0.320 e. The van der Waals surface area contributed by atoms with Crippen LogP contribution in [0.3, 0.4) is 0 Å². The topological polar surface area (TPSA) is 108 Å². The molecule has 9 nitrogen and oxygen atoms in total. The number of ether oxygens (including phenoxy) is 2. The molecule has 0 amide bonds. The minimum atomic E-state index is 0.0559. The monoisotopic (exact) mass is 396 g/mol. The highest BCUT2D eigenvalue weighted by atomic mass is 16.5. The van der Waals surface area contributed by atoms with Crippen molar-refractivity contribution < 1.29 is 14.6 Å². The van der Waals surface area contributed by atoms with Crippen LogP contribution in [0.15, 0.2) is 46.8 Å². The molecule has 1 aliphatic rings. The summed E-state index contributed by atoms with van der Waals surface area (Å²) in [5.74, 6) is 1.18. The Bertz CT molecular complexity index is 968. The predicted molar refractivity (Wildman–Crippen MR) is 109 cm³/mol. The van der Waals surface area contributed by atoms with E-state index in [0.717, 1.165) is 35.4 Å². The Morgan fingerprint density at radius 1 is 1.21 bits per heavy atom. The van der Waals surface area contributed by atoms with Crippen LogP contribution >= 0.6 is 0 Å².